The monoisotopic (exact) mass is 476 g/mol. The molecule has 2 N–H and O–H groups in total. The third kappa shape index (κ3) is 5.83. The van der Waals surface area contributed by atoms with Gasteiger partial charge in [-0.2, -0.15) is 13.2 Å². The number of benzene rings is 4. The average molecular weight is 477 g/mol. The molecule has 0 saturated carbocycles. The van der Waals surface area contributed by atoms with Gasteiger partial charge in [0.25, 0.3) is 0 Å². The van der Waals surface area contributed by atoms with Crippen molar-refractivity contribution < 1.29 is 13.2 Å². The predicted octanol–water partition coefficient (Wildman–Crippen LogP) is 7.57. The van der Waals surface area contributed by atoms with Crippen LogP contribution in [-0.2, 0) is 6.18 Å². The molecule has 0 unspecified atom stereocenters. The molecule has 0 aliphatic rings. The first-order valence-corrected chi connectivity index (χ1v) is 11.2. The van der Waals surface area contributed by atoms with E-state index in [1.165, 1.54) is 12.1 Å². The van der Waals surface area contributed by atoms with Crippen LogP contribution in [0.15, 0.2) is 115 Å². The van der Waals surface area contributed by atoms with Crippen molar-refractivity contribution in [3.8, 4) is 0 Å². The Hall–Kier alpha value is -3.64. The second-order valence-corrected chi connectivity index (χ2v) is 8.24. The topological polar surface area (TPSA) is 24.1 Å². The standard InChI is InChI=1S/C28H23F3N2S/c29-28(30,31)23-18-16-21(17-19-23)25(32-24-14-8-3-9-15-24)26(20-10-4-1-5-11-20)33-27(34)22-12-6-2-7-13-22/h1-19,25-26,32H,(H,33,34)/t25-,26-/m0/s1. The molecule has 6 heteroatoms. The number of rotatable bonds is 7. The summed E-state index contributed by atoms with van der Waals surface area (Å²) >= 11 is 5.71. The summed E-state index contributed by atoms with van der Waals surface area (Å²) in [6.07, 6.45) is -4.40. The maximum atomic E-state index is 13.2. The van der Waals surface area contributed by atoms with Crippen LogP contribution in [0, 0.1) is 0 Å². The minimum atomic E-state index is -4.40. The van der Waals surface area contributed by atoms with Gasteiger partial charge in [-0.1, -0.05) is 103 Å². The molecule has 0 fully saturated rings. The zero-order valence-electron chi connectivity index (χ0n) is 18.2. The number of thiocarbonyl (C=S) groups is 1. The Labute approximate surface area is 202 Å². The SMILES string of the molecule is FC(F)(F)c1ccc([C@H](Nc2ccccc2)[C@@H](NC(=S)c2ccccc2)c2ccccc2)cc1. The fourth-order valence-corrected chi connectivity index (χ4v) is 4.05. The Morgan fingerprint density at radius 2 is 1.12 bits per heavy atom. The lowest BCUT2D eigenvalue weighted by Gasteiger charge is -2.32. The number of nitrogens with one attached hydrogen (secondary N) is 2. The highest BCUT2D eigenvalue weighted by Crippen LogP contribution is 2.35. The predicted molar refractivity (Wildman–Crippen MR) is 135 cm³/mol. The van der Waals surface area contributed by atoms with E-state index < -0.39 is 17.8 Å². The van der Waals surface area contributed by atoms with Crippen molar-refractivity contribution in [1.29, 1.82) is 0 Å². The van der Waals surface area contributed by atoms with Gasteiger partial charge in [0.05, 0.1) is 17.6 Å². The van der Waals surface area contributed by atoms with Crippen LogP contribution < -0.4 is 10.6 Å². The van der Waals surface area contributed by atoms with E-state index in [1.807, 2.05) is 91.0 Å². The van der Waals surface area contributed by atoms with E-state index in [0.29, 0.717) is 10.6 Å². The van der Waals surface area contributed by atoms with E-state index in [-0.39, 0.29) is 6.04 Å². The molecule has 172 valence electrons. The number of alkyl halides is 3. The lowest BCUT2D eigenvalue weighted by Crippen LogP contribution is -2.35. The molecule has 0 amide bonds. The summed E-state index contributed by atoms with van der Waals surface area (Å²) in [7, 11) is 0. The van der Waals surface area contributed by atoms with E-state index >= 15 is 0 Å². The van der Waals surface area contributed by atoms with Crippen LogP contribution in [0.25, 0.3) is 0 Å². The molecule has 2 nitrogen and oxygen atoms in total. The Morgan fingerprint density at radius 3 is 1.68 bits per heavy atom. The first kappa shape index (κ1) is 23.5. The molecule has 0 spiro atoms. The highest BCUT2D eigenvalue weighted by Gasteiger charge is 2.31. The lowest BCUT2D eigenvalue weighted by molar-refractivity contribution is -0.137. The van der Waals surface area contributed by atoms with Crippen molar-refractivity contribution >= 4 is 22.9 Å². The van der Waals surface area contributed by atoms with Crippen LogP contribution in [0.5, 0.6) is 0 Å². The highest BCUT2D eigenvalue weighted by molar-refractivity contribution is 7.80. The zero-order valence-corrected chi connectivity index (χ0v) is 19.0. The number of para-hydroxylation sites is 1. The number of anilines is 1. The van der Waals surface area contributed by atoms with Gasteiger partial charge in [0.15, 0.2) is 0 Å². The van der Waals surface area contributed by atoms with E-state index in [2.05, 4.69) is 10.6 Å². The molecular formula is C28H23F3N2S. The largest absolute Gasteiger partial charge is 0.416 e. The van der Waals surface area contributed by atoms with Gasteiger partial charge < -0.3 is 10.6 Å². The molecule has 4 aromatic carbocycles. The van der Waals surface area contributed by atoms with E-state index in [4.69, 9.17) is 12.2 Å². The Morgan fingerprint density at radius 1 is 0.618 bits per heavy atom. The van der Waals surface area contributed by atoms with Crippen LogP contribution in [0.4, 0.5) is 18.9 Å². The maximum Gasteiger partial charge on any atom is 0.416 e. The second kappa shape index (κ2) is 10.5. The molecule has 2 atom stereocenters. The van der Waals surface area contributed by atoms with Gasteiger partial charge in [-0.15, -0.1) is 0 Å². The minimum Gasteiger partial charge on any atom is -0.376 e. The fourth-order valence-electron chi connectivity index (χ4n) is 3.79. The molecule has 4 aromatic rings. The molecule has 34 heavy (non-hydrogen) atoms. The smallest absolute Gasteiger partial charge is 0.376 e. The molecule has 0 aliphatic heterocycles. The van der Waals surface area contributed by atoms with Gasteiger partial charge in [0.1, 0.15) is 4.99 Å². The van der Waals surface area contributed by atoms with Gasteiger partial charge in [-0.25, -0.2) is 0 Å². The molecule has 0 aromatic heterocycles. The third-order valence-electron chi connectivity index (χ3n) is 5.51. The van der Waals surface area contributed by atoms with Crippen LogP contribution in [-0.4, -0.2) is 4.99 Å². The number of hydrogen-bond donors (Lipinski definition) is 2. The number of hydrogen-bond acceptors (Lipinski definition) is 2. The summed E-state index contributed by atoms with van der Waals surface area (Å²) in [6, 6.07) is 33.4. The molecule has 0 bridgehead atoms. The third-order valence-corrected chi connectivity index (χ3v) is 5.86. The molecule has 0 aliphatic carbocycles. The van der Waals surface area contributed by atoms with Crippen molar-refractivity contribution in [1.82, 2.24) is 5.32 Å². The Kier molecular flexibility index (Phi) is 7.28. The van der Waals surface area contributed by atoms with E-state index in [1.54, 1.807) is 0 Å². The second-order valence-electron chi connectivity index (χ2n) is 7.84. The van der Waals surface area contributed by atoms with Crippen LogP contribution >= 0.6 is 12.2 Å². The molecule has 0 saturated heterocycles. The summed E-state index contributed by atoms with van der Waals surface area (Å²) in [5.74, 6) is 0. The quantitative estimate of drug-likeness (QED) is 0.269. The normalized spacial score (nSPS) is 13.0. The molecule has 4 rings (SSSR count). The summed E-state index contributed by atoms with van der Waals surface area (Å²) in [5.41, 5.74) is 2.69. The van der Waals surface area contributed by atoms with E-state index in [9.17, 15) is 13.2 Å². The van der Waals surface area contributed by atoms with Crippen molar-refractivity contribution in [2.45, 2.75) is 18.3 Å². The first-order valence-electron chi connectivity index (χ1n) is 10.8. The molecular weight excluding hydrogens is 453 g/mol. The van der Waals surface area contributed by atoms with Crippen LogP contribution in [0.2, 0.25) is 0 Å². The summed E-state index contributed by atoms with van der Waals surface area (Å²) in [4.78, 5) is 0.557. The molecule has 0 heterocycles. The summed E-state index contributed by atoms with van der Waals surface area (Å²) < 4.78 is 39.6. The summed E-state index contributed by atoms with van der Waals surface area (Å²) in [6.45, 7) is 0. The fraction of sp³-hybridized carbons (Fsp3) is 0.107. The zero-order chi connectivity index (χ0) is 24.0. The average Bonchev–Trinajstić information content (AvgIpc) is 2.87. The number of halogens is 3. The maximum absolute atomic E-state index is 13.2. The van der Waals surface area contributed by atoms with Gasteiger partial charge in [-0.05, 0) is 35.4 Å². The highest BCUT2D eigenvalue weighted by atomic mass is 32.1. The van der Waals surface area contributed by atoms with Crippen molar-refractivity contribution in [2.24, 2.45) is 0 Å². The van der Waals surface area contributed by atoms with Gasteiger partial charge in [0.2, 0.25) is 0 Å². The van der Waals surface area contributed by atoms with Gasteiger partial charge >= 0.3 is 6.18 Å². The summed E-state index contributed by atoms with van der Waals surface area (Å²) in [5, 5.41) is 6.97. The van der Waals surface area contributed by atoms with E-state index in [0.717, 1.165) is 28.9 Å². The van der Waals surface area contributed by atoms with Crippen LogP contribution in [0.3, 0.4) is 0 Å². The Bertz CT molecular complexity index is 1200. The minimum absolute atomic E-state index is 0.356. The van der Waals surface area contributed by atoms with Crippen molar-refractivity contribution in [3.05, 3.63) is 138 Å². The van der Waals surface area contributed by atoms with Crippen molar-refractivity contribution in [2.75, 3.05) is 5.32 Å². The first-order chi connectivity index (χ1) is 16.4. The van der Waals surface area contributed by atoms with Gasteiger partial charge in [0, 0.05) is 11.3 Å². The Balaban J connectivity index is 1.76. The van der Waals surface area contributed by atoms with Gasteiger partial charge in [-0.3, -0.25) is 0 Å². The molecule has 0 radical (unpaired) electrons. The lowest BCUT2D eigenvalue weighted by atomic mass is 9.92. The van der Waals surface area contributed by atoms with Crippen molar-refractivity contribution in [3.63, 3.8) is 0 Å². The van der Waals surface area contributed by atoms with Crippen LogP contribution in [0.1, 0.15) is 34.3 Å².